The van der Waals surface area contributed by atoms with Crippen LogP contribution >= 0.6 is 0 Å². The molecule has 2 N–H and O–H groups in total. The summed E-state index contributed by atoms with van der Waals surface area (Å²) < 4.78 is 5.12. The van der Waals surface area contributed by atoms with Crippen molar-refractivity contribution in [2.75, 3.05) is 20.2 Å². The molecule has 1 aromatic rings. The summed E-state index contributed by atoms with van der Waals surface area (Å²) in [4.78, 5) is 14.2. The van der Waals surface area contributed by atoms with Crippen molar-refractivity contribution >= 4 is 5.91 Å². The third-order valence-electron chi connectivity index (χ3n) is 3.63. The van der Waals surface area contributed by atoms with Crippen molar-refractivity contribution in [1.82, 2.24) is 10.2 Å². The number of carbonyl (C=O) groups excluding carboxylic acids is 1. The second-order valence-electron chi connectivity index (χ2n) is 5.05. The lowest BCUT2D eigenvalue weighted by Gasteiger charge is -2.24. The Morgan fingerprint density at radius 3 is 2.65 bits per heavy atom. The monoisotopic (exact) mass is 278 g/mol. The van der Waals surface area contributed by atoms with Gasteiger partial charge in [0.1, 0.15) is 5.75 Å². The van der Waals surface area contributed by atoms with E-state index in [1.54, 1.807) is 12.0 Å². The molecule has 0 radical (unpaired) electrons. The minimum atomic E-state index is -0.413. The molecule has 1 aromatic carbocycles. The first-order chi connectivity index (χ1) is 9.63. The van der Waals surface area contributed by atoms with E-state index in [4.69, 9.17) is 4.74 Å². The maximum absolute atomic E-state index is 12.4. The van der Waals surface area contributed by atoms with Crippen LogP contribution < -0.4 is 10.1 Å². The molecule has 1 aliphatic heterocycles. The molecule has 110 valence electrons. The largest absolute Gasteiger partial charge is 0.497 e. The Morgan fingerprint density at radius 1 is 1.45 bits per heavy atom. The highest BCUT2D eigenvalue weighted by Crippen LogP contribution is 2.15. The molecule has 5 heteroatoms. The fourth-order valence-corrected chi connectivity index (χ4v) is 2.42. The minimum Gasteiger partial charge on any atom is -0.497 e. The van der Waals surface area contributed by atoms with Crippen LogP contribution in [-0.4, -0.2) is 48.3 Å². The van der Waals surface area contributed by atoms with Crippen LogP contribution in [0.3, 0.4) is 0 Å². The number of amides is 1. The quantitative estimate of drug-likeness (QED) is 0.835. The molecule has 2 unspecified atom stereocenters. The summed E-state index contributed by atoms with van der Waals surface area (Å²) >= 11 is 0. The number of nitrogens with one attached hydrogen (secondary N) is 1. The molecule has 0 saturated carbocycles. The van der Waals surface area contributed by atoms with E-state index in [9.17, 15) is 9.90 Å². The number of nitrogens with zero attached hydrogens (tertiary/aromatic N) is 1. The first-order valence-electron chi connectivity index (χ1n) is 6.97. The standard InChI is InChI=1S/C15H22N2O3/c1-3-17(15(19)14-8-12(18)9-16-14)10-11-4-6-13(20-2)7-5-11/h4-7,12,14,16,18H,3,8-10H2,1-2H3. The Hall–Kier alpha value is -1.59. The van der Waals surface area contributed by atoms with Crippen molar-refractivity contribution in [3.05, 3.63) is 29.8 Å². The van der Waals surface area contributed by atoms with Crippen molar-refractivity contribution in [2.45, 2.75) is 32.0 Å². The van der Waals surface area contributed by atoms with Crippen molar-refractivity contribution in [3.8, 4) is 5.75 Å². The molecule has 1 saturated heterocycles. The van der Waals surface area contributed by atoms with Gasteiger partial charge in [0, 0.05) is 19.6 Å². The second kappa shape index (κ2) is 6.72. The van der Waals surface area contributed by atoms with Gasteiger partial charge in [-0.15, -0.1) is 0 Å². The van der Waals surface area contributed by atoms with E-state index < -0.39 is 6.10 Å². The minimum absolute atomic E-state index is 0.0554. The molecule has 1 heterocycles. The lowest BCUT2D eigenvalue weighted by Crippen LogP contribution is -2.43. The average Bonchev–Trinajstić information content (AvgIpc) is 2.91. The summed E-state index contributed by atoms with van der Waals surface area (Å²) in [5.74, 6) is 0.864. The molecule has 1 aliphatic rings. The number of β-amino-alcohol motifs (C(OH)–C–C–N with tert-alkyl or cyclic N) is 1. The van der Waals surface area contributed by atoms with Crippen LogP contribution in [0.5, 0.6) is 5.75 Å². The third kappa shape index (κ3) is 3.49. The highest BCUT2D eigenvalue weighted by atomic mass is 16.5. The molecule has 0 aromatic heterocycles. The van der Waals surface area contributed by atoms with Crippen LogP contribution in [0.2, 0.25) is 0 Å². The van der Waals surface area contributed by atoms with Gasteiger partial charge in [-0.1, -0.05) is 12.1 Å². The average molecular weight is 278 g/mol. The Balaban J connectivity index is 1.98. The Morgan fingerprint density at radius 2 is 2.15 bits per heavy atom. The highest BCUT2D eigenvalue weighted by Gasteiger charge is 2.30. The first-order valence-corrected chi connectivity index (χ1v) is 6.97. The predicted octanol–water partition coefficient (Wildman–Crippen LogP) is 0.766. The maximum Gasteiger partial charge on any atom is 0.240 e. The zero-order valence-corrected chi connectivity index (χ0v) is 12.0. The molecule has 1 amide bonds. The number of rotatable bonds is 5. The lowest BCUT2D eigenvalue weighted by molar-refractivity contribution is -0.133. The van der Waals surface area contributed by atoms with Crippen molar-refractivity contribution in [3.63, 3.8) is 0 Å². The van der Waals surface area contributed by atoms with Gasteiger partial charge in [-0.2, -0.15) is 0 Å². The van der Waals surface area contributed by atoms with Gasteiger partial charge in [0.05, 0.1) is 19.3 Å². The molecule has 1 fully saturated rings. The van der Waals surface area contributed by atoms with E-state index in [0.717, 1.165) is 11.3 Å². The van der Waals surface area contributed by atoms with Gasteiger partial charge in [0.25, 0.3) is 0 Å². The number of hydrogen-bond acceptors (Lipinski definition) is 4. The highest BCUT2D eigenvalue weighted by molar-refractivity contribution is 5.82. The number of ether oxygens (including phenoxy) is 1. The fraction of sp³-hybridized carbons (Fsp3) is 0.533. The van der Waals surface area contributed by atoms with Gasteiger partial charge in [-0.3, -0.25) is 4.79 Å². The van der Waals surface area contributed by atoms with Gasteiger partial charge >= 0.3 is 0 Å². The first kappa shape index (κ1) is 14.8. The van der Waals surface area contributed by atoms with E-state index in [0.29, 0.717) is 26.1 Å². The molecule has 0 spiro atoms. The number of aliphatic hydroxyl groups is 1. The Kier molecular flexibility index (Phi) is 4.98. The molecule has 0 bridgehead atoms. The number of likely N-dealkylation sites (N-methyl/N-ethyl adjacent to an activating group) is 1. The third-order valence-corrected chi connectivity index (χ3v) is 3.63. The number of benzene rings is 1. The summed E-state index contributed by atoms with van der Waals surface area (Å²) in [5.41, 5.74) is 1.07. The molecule has 20 heavy (non-hydrogen) atoms. The predicted molar refractivity (Wildman–Crippen MR) is 76.5 cm³/mol. The number of carbonyl (C=O) groups is 1. The van der Waals surface area contributed by atoms with Crippen molar-refractivity contribution in [1.29, 1.82) is 0 Å². The Bertz CT molecular complexity index is 447. The van der Waals surface area contributed by atoms with Gasteiger partial charge in [-0.25, -0.2) is 0 Å². The van der Waals surface area contributed by atoms with Gasteiger partial charge in [-0.05, 0) is 31.0 Å². The van der Waals surface area contributed by atoms with E-state index in [2.05, 4.69) is 5.32 Å². The Labute approximate surface area is 119 Å². The zero-order chi connectivity index (χ0) is 14.5. The van der Waals surface area contributed by atoms with E-state index >= 15 is 0 Å². The molecular formula is C15H22N2O3. The van der Waals surface area contributed by atoms with E-state index in [1.807, 2.05) is 31.2 Å². The lowest BCUT2D eigenvalue weighted by atomic mass is 10.1. The van der Waals surface area contributed by atoms with Crippen LogP contribution in [0.4, 0.5) is 0 Å². The summed E-state index contributed by atoms with van der Waals surface area (Å²) in [6, 6.07) is 7.46. The fourth-order valence-electron chi connectivity index (χ4n) is 2.42. The SMILES string of the molecule is CCN(Cc1ccc(OC)cc1)C(=O)C1CC(O)CN1. The zero-order valence-electron chi connectivity index (χ0n) is 12.0. The van der Waals surface area contributed by atoms with E-state index in [1.165, 1.54) is 0 Å². The molecule has 0 aliphatic carbocycles. The summed E-state index contributed by atoms with van der Waals surface area (Å²) in [6.07, 6.45) is 0.0847. The van der Waals surface area contributed by atoms with Crippen molar-refractivity contribution < 1.29 is 14.6 Å². The second-order valence-corrected chi connectivity index (χ2v) is 5.05. The smallest absolute Gasteiger partial charge is 0.240 e. The van der Waals surface area contributed by atoms with E-state index in [-0.39, 0.29) is 11.9 Å². The van der Waals surface area contributed by atoms with Crippen LogP contribution in [-0.2, 0) is 11.3 Å². The molecule has 2 rings (SSSR count). The van der Waals surface area contributed by atoms with Gasteiger partial charge in [0.15, 0.2) is 0 Å². The molecular weight excluding hydrogens is 256 g/mol. The topological polar surface area (TPSA) is 61.8 Å². The maximum atomic E-state index is 12.4. The van der Waals surface area contributed by atoms with Crippen LogP contribution in [0.25, 0.3) is 0 Å². The van der Waals surface area contributed by atoms with Crippen molar-refractivity contribution in [2.24, 2.45) is 0 Å². The van der Waals surface area contributed by atoms with Gasteiger partial charge in [0.2, 0.25) is 5.91 Å². The number of methoxy groups -OCH3 is 1. The number of hydrogen-bond donors (Lipinski definition) is 2. The van der Waals surface area contributed by atoms with Crippen LogP contribution in [0.1, 0.15) is 18.9 Å². The van der Waals surface area contributed by atoms with Gasteiger partial charge < -0.3 is 20.1 Å². The molecule has 2 atom stereocenters. The summed E-state index contributed by atoms with van der Waals surface area (Å²) in [5, 5.41) is 12.6. The summed E-state index contributed by atoms with van der Waals surface area (Å²) in [6.45, 7) is 3.69. The summed E-state index contributed by atoms with van der Waals surface area (Å²) in [7, 11) is 1.63. The molecule has 5 nitrogen and oxygen atoms in total. The number of aliphatic hydroxyl groups excluding tert-OH is 1. The normalized spacial score (nSPS) is 21.8. The van der Waals surface area contributed by atoms with Crippen LogP contribution in [0.15, 0.2) is 24.3 Å². The van der Waals surface area contributed by atoms with Crippen LogP contribution in [0, 0.1) is 0 Å².